The Bertz CT molecular complexity index is 821. The second-order valence-electron chi connectivity index (χ2n) is 4.71. The topological polar surface area (TPSA) is 87.6 Å². The number of hydrogen-bond donors (Lipinski definition) is 0. The Kier molecular flexibility index (Phi) is 4.09. The summed E-state index contributed by atoms with van der Waals surface area (Å²) in [5, 5.41) is 3.86. The molecule has 0 unspecified atom stereocenters. The highest BCUT2D eigenvalue weighted by Gasteiger charge is 2.14. The van der Waals surface area contributed by atoms with Gasteiger partial charge in [0.1, 0.15) is 11.5 Å². The number of aryl methyl sites for hydroxylation is 1. The van der Waals surface area contributed by atoms with E-state index in [-0.39, 0.29) is 6.61 Å². The summed E-state index contributed by atoms with van der Waals surface area (Å²) >= 11 is 0. The van der Waals surface area contributed by atoms with Crippen LogP contribution in [0.25, 0.3) is 11.5 Å². The second-order valence-corrected chi connectivity index (χ2v) is 4.71. The molecule has 3 aromatic rings. The largest absolute Gasteiger partial charge is 0.485 e. The molecule has 2 aromatic heterocycles. The van der Waals surface area contributed by atoms with Crippen LogP contribution >= 0.6 is 0 Å². The highest BCUT2D eigenvalue weighted by molar-refractivity contribution is 5.89. The van der Waals surface area contributed by atoms with E-state index in [9.17, 15) is 4.79 Å². The third-order valence-electron chi connectivity index (χ3n) is 3.18. The fraction of sp³-hybridized carbons (Fsp3) is 0.188. The van der Waals surface area contributed by atoms with Crippen LogP contribution in [0.4, 0.5) is 0 Å². The molecule has 118 valence electrons. The normalized spacial score (nSPS) is 10.5. The summed E-state index contributed by atoms with van der Waals surface area (Å²) in [5.74, 6) is 1.56. The Morgan fingerprint density at radius 1 is 1.30 bits per heavy atom. The van der Waals surface area contributed by atoms with Crippen molar-refractivity contribution in [3.8, 4) is 17.2 Å². The molecule has 0 aliphatic carbocycles. The highest BCUT2D eigenvalue weighted by atomic mass is 16.5. The Morgan fingerprint density at radius 2 is 2.17 bits per heavy atom. The van der Waals surface area contributed by atoms with Gasteiger partial charge in [-0.15, -0.1) is 0 Å². The summed E-state index contributed by atoms with van der Waals surface area (Å²) in [5.41, 5.74) is 1.16. The average molecular weight is 314 g/mol. The number of benzene rings is 1. The Morgan fingerprint density at radius 3 is 2.91 bits per heavy atom. The minimum atomic E-state index is -0.423. The molecule has 0 amide bonds. The van der Waals surface area contributed by atoms with Crippen LogP contribution in [0, 0.1) is 6.92 Å². The van der Waals surface area contributed by atoms with Crippen molar-refractivity contribution < 1.29 is 23.2 Å². The molecule has 0 atom stereocenters. The molecule has 0 bridgehead atoms. The summed E-state index contributed by atoms with van der Waals surface area (Å²) < 4.78 is 20.6. The number of aromatic nitrogens is 2. The molecule has 0 saturated heterocycles. The molecule has 0 fully saturated rings. The van der Waals surface area contributed by atoms with Gasteiger partial charge in [0.15, 0.2) is 6.61 Å². The number of ether oxygens (including phenoxy) is 2. The standard InChI is InChI=1S/C16H14N2O5/c1-10-13(6-7-21-10)15-17-14(18-23-15)9-22-12-5-3-4-11(8-12)16(19)20-2/h3-8H,9H2,1-2H3. The maximum absolute atomic E-state index is 11.5. The second kappa shape index (κ2) is 6.35. The Hall–Kier alpha value is -3.09. The van der Waals surface area contributed by atoms with Crippen LogP contribution in [-0.2, 0) is 11.3 Å². The molecule has 7 heteroatoms. The Balaban J connectivity index is 1.68. The monoisotopic (exact) mass is 314 g/mol. The van der Waals surface area contributed by atoms with Crippen molar-refractivity contribution in [1.29, 1.82) is 0 Å². The van der Waals surface area contributed by atoms with Crippen molar-refractivity contribution in [2.45, 2.75) is 13.5 Å². The molecule has 0 spiro atoms. The lowest BCUT2D eigenvalue weighted by Gasteiger charge is -2.04. The summed E-state index contributed by atoms with van der Waals surface area (Å²) in [6.45, 7) is 1.93. The van der Waals surface area contributed by atoms with E-state index in [1.54, 1.807) is 36.6 Å². The minimum Gasteiger partial charge on any atom is -0.485 e. The number of methoxy groups -OCH3 is 1. The van der Waals surface area contributed by atoms with E-state index < -0.39 is 5.97 Å². The lowest BCUT2D eigenvalue weighted by atomic mass is 10.2. The summed E-state index contributed by atoms with van der Waals surface area (Å²) in [6, 6.07) is 8.43. The summed E-state index contributed by atoms with van der Waals surface area (Å²) in [4.78, 5) is 15.7. The zero-order chi connectivity index (χ0) is 16.2. The predicted octanol–water partition coefficient (Wildman–Crippen LogP) is 3.00. The van der Waals surface area contributed by atoms with E-state index in [0.717, 1.165) is 5.56 Å². The van der Waals surface area contributed by atoms with Crippen molar-refractivity contribution in [2.24, 2.45) is 0 Å². The molecule has 0 saturated carbocycles. The average Bonchev–Trinajstić information content (AvgIpc) is 3.21. The first kappa shape index (κ1) is 14.8. The van der Waals surface area contributed by atoms with Crippen molar-refractivity contribution in [3.05, 3.63) is 53.7 Å². The van der Waals surface area contributed by atoms with Crippen LogP contribution < -0.4 is 4.74 Å². The third-order valence-corrected chi connectivity index (χ3v) is 3.18. The van der Waals surface area contributed by atoms with Crippen LogP contribution in [0.2, 0.25) is 0 Å². The first-order valence-corrected chi connectivity index (χ1v) is 6.85. The number of esters is 1. The lowest BCUT2D eigenvalue weighted by molar-refractivity contribution is 0.0600. The quantitative estimate of drug-likeness (QED) is 0.669. The molecule has 0 radical (unpaired) electrons. The van der Waals surface area contributed by atoms with Crippen molar-refractivity contribution in [1.82, 2.24) is 10.1 Å². The van der Waals surface area contributed by atoms with Gasteiger partial charge in [0.25, 0.3) is 5.89 Å². The van der Waals surface area contributed by atoms with E-state index in [1.807, 2.05) is 6.92 Å². The molecule has 1 aromatic carbocycles. The first-order chi connectivity index (χ1) is 11.2. The number of rotatable bonds is 5. The van der Waals surface area contributed by atoms with Gasteiger partial charge in [-0.3, -0.25) is 0 Å². The van der Waals surface area contributed by atoms with Gasteiger partial charge in [0.2, 0.25) is 5.82 Å². The maximum Gasteiger partial charge on any atom is 0.337 e. The zero-order valence-corrected chi connectivity index (χ0v) is 12.6. The maximum atomic E-state index is 11.5. The predicted molar refractivity (Wildman–Crippen MR) is 78.9 cm³/mol. The number of nitrogens with zero attached hydrogens (tertiary/aromatic N) is 2. The van der Waals surface area contributed by atoms with Gasteiger partial charge in [0.05, 0.1) is 24.5 Å². The zero-order valence-electron chi connectivity index (χ0n) is 12.6. The summed E-state index contributed by atoms with van der Waals surface area (Å²) in [6.07, 6.45) is 1.56. The van der Waals surface area contributed by atoms with E-state index in [0.29, 0.717) is 28.8 Å². The van der Waals surface area contributed by atoms with Crippen molar-refractivity contribution >= 4 is 5.97 Å². The number of carbonyl (C=O) groups excluding carboxylic acids is 1. The number of carbonyl (C=O) groups is 1. The molecule has 2 heterocycles. The molecule has 3 rings (SSSR count). The molecule has 0 N–H and O–H groups in total. The van der Waals surface area contributed by atoms with Gasteiger partial charge >= 0.3 is 5.97 Å². The minimum absolute atomic E-state index is 0.116. The van der Waals surface area contributed by atoms with Gasteiger partial charge in [-0.05, 0) is 31.2 Å². The van der Waals surface area contributed by atoms with E-state index in [4.69, 9.17) is 13.7 Å². The number of furan rings is 1. The fourth-order valence-corrected chi connectivity index (χ4v) is 2.01. The molecular weight excluding hydrogens is 300 g/mol. The van der Waals surface area contributed by atoms with Gasteiger partial charge in [-0.2, -0.15) is 4.98 Å². The van der Waals surface area contributed by atoms with Crippen molar-refractivity contribution in [3.63, 3.8) is 0 Å². The highest BCUT2D eigenvalue weighted by Crippen LogP contribution is 2.22. The van der Waals surface area contributed by atoms with Gasteiger partial charge < -0.3 is 18.4 Å². The Labute approximate surface area is 131 Å². The van der Waals surface area contributed by atoms with Crippen LogP contribution in [0.5, 0.6) is 5.75 Å². The van der Waals surface area contributed by atoms with Crippen LogP contribution in [0.15, 0.2) is 45.5 Å². The molecular formula is C16H14N2O5. The van der Waals surface area contributed by atoms with Gasteiger partial charge in [0, 0.05) is 0 Å². The van der Waals surface area contributed by atoms with Crippen LogP contribution in [0.3, 0.4) is 0 Å². The van der Waals surface area contributed by atoms with E-state index in [2.05, 4.69) is 14.9 Å². The fourth-order valence-electron chi connectivity index (χ4n) is 2.01. The SMILES string of the molecule is COC(=O)c1cccc(OCc2noc(-c3ccoc3C)n2)c1. The lowest BCUT2D eigenvalue weighted by Crippen LogP contribution is -2.02. The van der Waals surface area contributed by atoms with E-state index >= 15 is 0 Å². The third kappa shape index (κ3) is 3.23. The van der Waals surface area contributed by atoms with Crippen LogP contribution in [0.1, 0.15) is 21.9 Å². The van der Waals surface area contributed by atoms with Gasteiger partial charge in [-0.1, -0.05) is 11.2 Å². The van der Waals surface area contributed by atoms with Crippen LogP contribution in [-0.4, -0.2) is 23.2 Å². The first-order valence-electron chi connectivity index (χ1n) is 6.85. The molecule has 23 heavy (non-hydrogen) atoms. The van der Waals surface area contributed by atoms with Crippen molar-refractivity contribution in [2.75, 3.05) is 7.11 Å². The van der Waals surface area contributed by atoms with Gasteiger partial charge in [-0.25, -0.2) is 4.79 Å². The molecule has 7 nitrogen and oxygen atoms in total. The molecule has 0 aliphatic heterocycles. The smallest absolute Gasteiger partial charge is 0.337 e. The molecule has 0 aliphatic rings. The summed E-state index contributed by atoms with van der Waals surface area (Å²) in [7, 11) is 1.33. The van der Waals surface area contributed by atoms with E-state index in [1.165, 1.54) is 7.11 Å². The number of hydrogen-bond acceptors (Lipinski definition) is 7.